The number of carboxylic acid groups (broad SMARTS) is 2. The van der Waals surface area contributed by atoms with Gasteiger partial charge in [0, 0.05) is 12.8 Å². The van der Waals surface area contributed by atoms with Crippen molar-refractivity contribution in [3.05, 3.63) is 35.9 Å². The number of nitrogens with two attached hydrogens (primary N) is 1. The summed E-state index contributed by atoms with van der Waals surface area (Å²) >= 11 is 0. The van der Waals surface area contributed by atoms with Gasteiger partial charge in [-0.1, -0.05) is 30.3 Å². The highest BCUT2D eigenvalue weighted by atomic mass is 16.4. The minimum absolute atomic E-state index is 0.0665. The Morgan fingerprint density at radius 1 is 0.882 bits per heavy atom. The van der Waals surface area contributed by atoms with E-state index in [2.05, 4.69) is 16.0 Å². The lowest BCUT2D eigenvalue weighted by Crippen LogP contribution is -2.58. The quantitative estimate of drug-likeness (QED) is 0.137. The number of aliphatic carboxylic acids is 2. The monoisotopic (exact) mass is 482 g/mol. The maximum atomic E-state index is 12.9. The Balaban J connectivity index is 3.11. The van der Waals surface area contributed by atoms with Crippen LogP contribution < -0.4 is 21.7 Å². The highest BCUT2D eigenvalue weighted by molar-refractivity contribution is 5.94. The molecule has 3 amide bonds. The maximum absolute atomic E-state index is 12.9. The van der Waals surface area contributed by atoms with Crippen molar-refractivity contribution in [2.75, 3.05) is 6.61 Å². The molecule has 0 aliphatic heterocycles. The van der Waals surface area contributed by atoms with Crippen molar-refractivity contribution in [1.29, 1.82) is 0 Å². The third-order valence-electron chi connectivity index (χ3n) is 4.82. The normalized spacial score (nSPS) is 15.2. The minimum atomic E-state index is -1.62. The number of carboxylic acids is 2. The third-order valence-corrected chi connectivity index (χ3v) is 4.82. The number of hydrogen-bond acceptors (Lipinski definition) is 8. The number of aliphatic hydroxyl groups excluding tert-OH is 2. The summed E-state index contributed by atoms with van der Waals surface area (Å²) in [4.78, 5) is 60.0. The molecule has 0 spiro atoms. The molecular formula is C21H30N4O9. The number of nitrogens with one attached hydrogen (secondary N) is 3. The van der Waals surface area contributed by atoms with E-state index < -0.39 is 73.0 Å². The number of aliphatic hydroxyl groups is 2. The van der Waals surface area contributed by atoms with Crippen molar-refractivity contribution in [3.8, 4) is 0 Å². The number of carbonyl (C=O) groups is 5. The molecule has 0 fully saturated rings. The van der Waals surface area contributed by atoms with Gasteiger partial charge in [-0.2, -0.15) is 0 Å². The molecule has 0 heterocycles. The van der Waals surface area contributed by atoms with Crippen molar-refractivity contribution >= 4 is 29.7 Å². The van der Waals surface area contributed by atoms with Crippen LogP contribution in [0, 0.1) is 0 Å². The Morgan fingerprint density at radius 3 is 1.91 bits per heavy atom. The predicted molar refractivity (Wildman–Crippen MR) is 117 cm³/mol. The molecule has 0 bridgehead atoms. The Labute approximate surface area is 195 Å². The van der Waals surface area contributed by atoms with Crippen molar-refractivity contribution < 1.29 is 44.4 Å². The van der Waals surface area contributed by atoms with Crippen LogP contribution in [0.15, 0.2) is 30.3 Å². The number of carbonyl (C=O) groups excluding carboxylic acids is 3. The Morgan fingerprint density at radius 2 is 1.41 bits per heavy atom. The Hall–Kier alpha value is -3.55. The molecule has 0 aliphatic rings. The lowest BCUT2D eigenvalue weighted by molar-refractivity contribution is -0.143. The van der Waals surface area contributed by atoms with Gasteiger partial charge in [-0.25, -0.2) is 4.79 Å². The molecule has 1 rings (SSSR count). The first-order chi connectivity index (χ1) is 16.0. The summed E-state index contributed by atoms with van der Waals surface area (Å²) in [6.07, 6.45) is -2.15. The van der Waals surface area contributed by atoms with Crippen molar-refractivity contribution in [1.82, 2.24) is 16.0 Å². The van der Waals surface area contributed by atoms with Crippen LogP contribution in [0.5, 0.6) is 0 Å². The van der Waals surface area contributed by atoms with Crippen LogP contribution in [0.25, 0.3) is 0 Å². The Bertz CT molecular complexity index is 863. The first-order valence-electron chi connectivity index (χ1n) is 10.4. The summed E-state index contributed by atoms with van der Waals surface area (Å²) in [5, 5.41) is 43.5. The standard InChI is InChI=1S/C21H30N4O9/c1-11(27)17(22)20(32)23-13(7-8-16(28)29)18(30)24-14(9-12-5-3-2-4-6-12)19(31)25-15(10-26)21(33)34/h2-6,11,13-15,17,26-27H,7-10,22H2,1H3,(H,23,32)(H,24,30)(H,25,31)(H,28,29)(H,33,34). The minimum Gasteiger partial charge on any atom is -0.481 e. The molecule has 0 saturated heterocycles. The van der Waals surface area contributed by atoms with E-state index in [0.29, 0.717) is 5.56 Å². The summed E-state index contributed by atoms with van der Waals surface area (Å²) in [6, 6.07) is 2.70. The predicted octanol–water partition coefficient (Wildman–Crippen LogP) is -2.67. The maximum Gasteiger partial charge on any atom is 0.328 e. The average molecular weight is 482 g/mol. The molecule has 34 heavy (non-hydrogen) atoms. The fourth-order valence-corrected chi connectivity index (χ4v) is 2.81. The van der Waals surface area contributed by atoms with Gasteiger partial charge in [0.1, 0.15) is 24.2 Å². The molecule has 9 N–H and O–H groups in total. The third kappa shape index (κ3) is 9.52. The van der Waals surface area contributed by atoms with Gasteiger partial charge in [0.15, 0.2) is 0 Å². The van der Waals surface area contributed by atoms with Crippen LogP contribution >= 0.6 is 0 Å². The molecule has 0 radical (unpaired) electrons. The van der Waals surface area contributed by atoms with Gasteiger partial charge in [0.05, 0.1) is 12.7 Å². The van der Waals surface area contributed by atoms with Gasteiger partial charge in [-0.15, -0.1) is 0 Å². The van der Waals surface area contributed by atoms with E-state index in [-0.39, 0.29) is 12.8 Å². The van der Waals surface area contributed by atoms with Gasteiger partial charge in [-0.05, 0) is 18.9 Å². The molecule has 188 valence electrons. The Kier molecular flexibility index (Phi) is 11.6. The fraction of sp³-hybridized carbons (Fsp3) is 0.476. The molecule has 13 nitrogen and oxygen atoms in total. The molecule has 13 heteroatoms. The van der Waals surface area contributed by atoms with Crippen LogP contribution in [0.2, 0.25) is 0 Å². The smallest absolute Gasteiger partial charge is 0.328 e. The highest BCUT2D eigenvalue weighted by Gasteiger charge is 2.31. The van der Waals surface area contributed by atoms with Crippen LogP contribution in [-0.2, 0) is 30.4 Å². The highest BCUT2D eigenvalue weighted by Crippen LogP contribution is 2.07. The van der Waals surface area contributed by atoms with E-state index in [1.165, 1.54) is 6.92 Å². The van der Waals surface area contributed by atoms with E-state index in [0.717, 1.165) is 0 Å². The second-order valence-corrected chi connectivity index (χ2v) is 7.59. The molecule has 0 aromatic heterocycles. The van der Waals surface area contributed by atoms with E-state index >= 15 is 0 Å². The first-order valence-corrected chi connectivity index (χ1v) is 10.4. The van der Waals surface area contributed by atoms with Crippen LogP contribution in [0.4, 0.5) is 0 Å². The van der Waals surface area contributed by atoms with Crippen LogP contribution in [0.1, 0.15) is 25.3 Å². The van der Waals surface area contributed by atoms with Gasteiger partial charge < -0.3 is 42.1 Å². The fourth-order valence-electron chi connectivity index (χ4n) is 2.81. The molecule has 0 saturated carbocycles. The lowest BCUT2D eigenvalue weighted by Gasteiger charge is -2.25. The average Bonchev–Trinajstić information content (AvgIpc) is 2.78. The van der Waals surface area contributed by atoms with Crippen LogP contribution in [0.3, 0.4) is 0 Å². The topological polar surface area (TPSA) is 228 Å². The molecule has 0 aliphatic carbocycles. The summed E-state index contributed by atoms with van der Waals surface area (Å²) in [7, 11) is 0. The molecule has 1 aromatic rings. The summed E-state index contributed by atoms with van der Waals surface area (Å²) in [5.41, 5.74) is 6.17. The molecule has 5 atom stereocenters. The molecule has 5 unspecified atom stereocenters. The van der Waals surface area contributed by atoms with E-state index in [1.807, 2.05) is 0 Å². The van der Waals surface area contributed by atoms with Gasteiger partial charge >= 0.3 is 11.9 Å². The van der Waals surface area contributed by atoms with Gasteiger partial charge in [-0.3, -0.25) is 19.2 Å². The number of benzene rings is 1. The second-order valence-electron chi connectivity index (χ2n) is 7.59. The summed E-state index contributed by atoms with van der Waals surface area (Å²) in [5.74, 6) is -5.46. The molecule has 1 aromatic carbocycles. The summed E-state index contributed by atoms with van der Waals surface area (Å²) < 4.78 is 0. The zero-order valence-electron chi connectivity index (χ0n) is 18.5. The number of hydrogen-bond donors (Lipinski definition) is 8. The zero-order valence-corrected chi connectivity index (χ0v) is 18.5. The van der Waals surface area contributed by atoms with Crippen molar-refractivity contribution in [2.45, 2.75) is 56.5 Å². The SMILES string of the molecule is CC(O)C(N)C(=O)NC(CCC(=O)O)C(=O)NC(Cc1ccccc1)C(=O)NC(CO)C(=O)O. The first kappa shape index (κ1) is 28.5. The second kappa shape index (κ2) is 13.9. The van der Waals surface area contributed by atoms with E-state index in [9.17, 15) is 34.2 Å². The van der Waals surface area contributed by atoms with Gasteiger partial charge in [0.25, 0.3) is 0 Å². The van der Waals surface area contributed by atoms with Crippen molar-refractivity contribution in [3.63, 3.8) is 0 Å². The number of amides is 3. The van der Waals surface area contributed by atoms with Gasteiger partial charge in [0.2, 0.25) is 17.7 Å². The molecular weight excluding hydrogens is 452 g/mol. The summed E-state index contributed by atoms with van der Waals surface area (Å²) in [6.45, 7) is 0.373. The van der Waals surface area contributed by atoms with E-state index in [4.69, 9.17) is 15.9 Å². The lowest BCUT2D eigenvalue weighted by atomic mass is 10.0. The zero-order chi connectivity index (χ0) is 25.8. The van der Waals surface area contributed by atoms with Crippen molar-refractivity contribution in [2.24, 2.45) is 5.73 Å². The number of rotatable bonds is 14. The van der Waals surface area contributed by atoms with Crippen LogP contribution in [-0.4, -0.2) is 87.0 Å². The largest absolute Gasteiger partial charge is 0.481 e. The van der Waals surface area contributed by atoms with E-state index in [1.54, 1.807) is 30.3 Å².